The number of nitrogens with zero attached hydrogens (tertiary/aromatic N) is 2. The van der Waals surface area contributed by atoms with Crippen molar-refractivity contribution in [2.75, 3.05) is 6.54 Å². The number of rotatable bonds is 6. The lowest BCUT2D eigenvalue weighted by Gasteiger charge is -2.26. The van der Waals surface area contributed by atoms with E-state index in [2.05, 4.69) is 10.4 Å². The van der Waals surface area contributed by atoms with Crippen LogP contribution in [0, 0.1) is 0 Å². The van der Waals surface area contributed by atoms with E-state index >= 15 is 0 Å². The summed E-state index contributed by atoms with van der Waals surface area (Å²) >= 11 is 0. The van der Waals surface area contributed by atoms with Crippen LogP contribution in [0.2, 0.25) is 0 Å². The Kier molecular flexibility index (Phi) is 4.56. The first-order valence-electron chi connectivity index (χ1n) is 5.77. The van der Waals surface area contributed by atoms with Crippen molar-refractivity contribution in [1.29, 1.82) is 0 Å². The number of alkyl halides is 3. The van der Waals surface area contributed by atoms with Crippen LogP contribution in [0.3, 0.4) is 0 Å². The van der Waals surface area contributed by atoms with Gasteiger partial charge in [0.1, 0.15) is 5.54 Å². The van der Waals surface area contributed by atoms with E-state index in [1.807, 2.05) is 6.92 Å². The highest BCUT2D eigenvalue weighted by Gasteiger charge is 2.36. The minimum absolute atomic E-state index is 0.182. The van der Waals surface area contributed by atoms with E-state index in [-0.39, 0.29) is 6.54 Å². The number of nitrogens with one attached hydrogen (secondary N) is 1. The Hall–Kier alpha value is -1.57. The molecule has 0 spiro atoms. The van der Waals surface area contributed by atoms with Crippen LogP contribution in [0.4, 0.5) is 13.2 Å². The maximum Gasteiger partial charge on any atom is 0.419 e. The molecule has 0 aromatic carbocycles. The summed E-state index contributed by atoms with van der Waals surface area (Å²) in [5, 5.41) is 15.5. The SMILES string of the molecule is CCCNC(C)(Cn1cc(C(F)(F)F)cn1)C(=O)O. The molecule has 0 saturated carbocycles. The number of carboxylic acid groups (broad SMARTS) is 1. The first-order valence-corrected chi connectivity index (χ1v) is 5.77. The molecule has 0 aliphatic rings. The van der Waals surface area contributed by atoms with Crippen LogP contribution < -0.4 is 5.32 Å². The standard InChI is InChI=1S/C11H16F3N3O2/c1-3-4-15-10(2,9(18)19)7-17-6-8(5-16-17)11(12,13)14/h5-6,15H,3-4,7H2,1-2H3,(H,18,19). The third-order valence-electron chi connectivity index (χ3n) is 2.68. The van der Waals surface area contributed by atoms with E-state index in [0.717, 1.165) is 17.3 Å². The molecule has 19 heavy (non-hydrogen) atoms. The predicted octanol–water partition coefficient (Wildman–Crippen LogP) is 1.74. The molecule has 108 valence electrons. The van der Waals surface area contributed by atoms with E-state index in [9.17, 15) is 18.0 Å². The van der Waals surface area contributed by atoms with Gasteiger partial charge in [0, 0.05) is 6.20 Å². The van der Waals surface area contributed by atoms with Gasteiger partial charge in [0.25, 0.3) is 0 Å². The molecule has 1 atom stereocenters. The lowest BCUT2D eigenvalue weighted by atomic mass is 10.0. The molecular weight excluding hydrogens is 263 g/mol. The van der Waals surface area contributed by atoms with Crippen molar-refractivity contribution >= 4 is 5.97 Å². The zero-order valence-electron chi connectivity index (χ0n) is 10.7. The van der Waals surface area contributed by atoms with Gasteiger partial charge >= 0.3 is 12.1 Å². The van der Waals surface area contributed by atoms with Crippen LogP contribution in [-0.4, -0.2) is 32.9 Å². The van der Waals surface area contributed by atoms with Crippen molar-refractivity contribution in [3.8, 4) is 0 Å². The Balaban J connectivity index is 2.85. The molecule has 1 rings (SSSR count). The van der Waals surface area contributed by atoms with Gasteiger partial charge in [0.2, 0.25) is 0 Å². The fraction of sp³-hybridized carbons (Fsp3) is 0.636. The molecule has 1 aromatic heterocycles. The summed E-state index contributed by atoms with van der Waals surface area (Å²) in [6, 6.07) is 0. The third kappa shape index (κ3) is 3.95. The number of carboxylic acids is 1. The quantitative estimate of drug-likeness (QED) is 0.832. The molecular formula is C11H16F3N3O2. The maximum absolute atomic E-state index is 12.4. The van der Waals surface area contributed by atoms with Gasteiger partial charge in [-0.15, -0.1) is 0 Å². The summed E-state index contributed by atoms with van der Waals surface area (Å²) in [6.45, 7) is 3.56. The van der Waals surface area contributed by atoms with Crippen LogP contribution in [0.5, 0.6) is 0 Å². The summed E-state index contributed by atoms with van der Waals surface area (Å²) in [5.41, 5.74) is -2.25. The maximum atomic E-state index is 12.4. The average Bonchev–Trinajstić information content (AvgIpc) is 2.74. The van der Waals surface area contributed by atoms with Crippen molar-refractivity contribution in [2.24, 2.45) is 0 Å². The highest BCUT2D eigenvalue weighted by atomic mass is 19.4. The summed E-state index contributed by atoms with van der Waals surface area (Å²) in [7, 11) is 0. The van der Waals surface area contributed by atoms with Crippen LogP contribution in [-0.2, 0) is 17.5 Å². The Morgan fingerprint density at radius 3 is 2.58 bits per heavy atom. The molecule has 0 aliphatic carbocycles. The van der Waals surface area contributed by atoms with E-state index in [4.69, 9.17) is 5.11 Å². The fourth-order valence-corrected chi connectivity index (χ4v) is 1.52. The number of hydrogen-bond donors (Lipinski definition) is 2. The first kappa shape index (κ1) is 15.5. The van der Waals surface area contributed by atoms with Crippen molar-refractivity contribution in [3.63, 3.8) is 0 Å². The van der Waals surface area contributed by atoms with E-state index in [0.29, 0.717) is 12.7 Å². The normalized spacial score (nSPS) is 15.2. The fourth-order valence-electron chi connectivity index (χ4n) is 1.52. The van der Waals surface area contributed by atoms with Gasteiger partial charge in [0.05, 0.1) is 18.3 Å². The van der Waals surface area contributed by atoms with Gasteiger partial charge in [-0.1, -0.05) is 6.92 Å². The van der Waals surface area contributed by atoms with Crippen LogP contribution in [0.25, 0.3) is 0 Å². The largest absolute Gasteiger partial charge is 0.480 e. The van der Waals surface area contributed by atoms with Gasteiger partial charge in [-0.25, -0.2) is 0 Å². The number of aliphatic carboxylic acids is 1. The summed E-state index contributed by atoms with van der Waals surface area (Å²) in [4.78, 5) is 11.2. The van der Waals surface area contributed by atoms with Crippen molar-refractivity contribution in [3.05, 3.63) is 18.0 Å². The molecule has 0 radical (unpaired) electrons. The summed E-state index contributed by atoms with van der Waals surface area (Å²) in [5.74, 6) is -1.13. The zero-order valence-corrected chi connectivity index (χ0v) is 10.7. The number of aromatic nitrogens is 2. The van der Waals surface area contributed by atoms with E-state index in [1.54, 1.807) is 0 Å². The van der Waals surface area contributed by atoms with Crippen LogP contribution in [0.15, 0.2) is 12.4 Å². The van der Waals surface area contributed by atoms with Gasteiger partial charge in [-0.3, -0.25) is 9.48 Å². The minimum Gasteiger partial charge on any atom is -0.480 e. The van der Waals surface area contributed by atoms with Crippen molar-refractivity contribution in [1.82, 2.24) is 15.1 Å². The summed E-state index contributed by atoms with van der Waals surface area (Å²) < 4.78 is 38.2. The Morgan fingerprint density at radius 1 is 1.53 bits per heavy atom. The molecule has 1 aromatic rings. The lowest BCUT2D eigenvalue weighted by molar-refractivity contribution is -0.144. The molecule has 0 amide bonds. The number of carbonyl (C=O) groups is 1. The second-order valence-corrected chi connectivity index (χ2v) is 4.49. The highest BCUT2D eigenvalue weighted by molar-refractivity contribution is 5.78. The monoisotopic (exact) mass is 279 g/mol. The molecule has 2 N–H and O–H groups in total. The molecule has 0 bridgehead atoms. The molecule has 8 heteroatoms. The Bertz CT molecular complexity index is 445. The van der Waals surface area contributed by atoms with Crippen molar-refractivity contribution < 1.29 is 23.1 Å². The topological polar surface area (TPSA) is 67.2 Å². The lowest BCUT2D eigenvalue weighted by Crippen LogP contribution is -2.52. The second kappa shape index (κ2) is 5.60. The molecule has 1 unspecified atom stereocenters. The van der Waals surface area contributed by atoms with E-state index < -0.39 is 23.2 Å². The minimum atomic E-state index is -4.48. The molecule has 5 nitrogen and oxygen atoms in total. The highest BCUT2D eigenvalue weighted by Crippen LogP contribution is 2.28. The van der Waals surface area contributed by atoms with Gasteiger partial charge in [-0.2, -0.15) is 18.3 Å². The molecule has 0 fully saturated rings. The third-order valence-corrected chi connectivity index (χ3v) is 2.68. The zero-order chi connectivity index (χ0) is 14.7. The summed E-state index contributed by atoms with van der Waals surface area (Å²) in [6.07, 6.45) is -2.28. The van der Waals surface area contributed by atoms with Crippen LogP contribution >= 0.6 is 0 Å². The average molecular weight is 279 g/mol. The smallest absolute Gasteiger partial charge is 0.419 e. The van der Waals surface area contributed by atoms with Gasteiger partial charge in [0.15, 0.2) is 0 Å². The predicted molar refractivity (Wildman–Crippen MR) is 61.6 cm³/mol. The number of hydrogen-bond acceptors (Lipinski definition) is 3. The van der Waals surface area contributed by atoms with Crippen LogP contribution in [0.1, 0.15) is 25.8 Å². The Morgan fingerprint density at radius 2 is 2.16 bits per heavy atom. The molecule has 0 aliphatic heterocycles. The second-order valence-electron chi connectivity index (χ2n) is 4.49. The van der Waals surface area contributed by atoms with Crippen molar-refractivity contribution in [2.45, 2.75) is 38.5 Å². The van der Waals surface area contributed by atoms with Gasteiger partial charge < -0.3 is 10.4 Å². The first-order chi connectivity index (χ1) is 8.69. The molecule has 0 saturated heterocycles. The number of halogens is 3. The van der Waals surface area contributed by atoms with E-state index in [1.165, 1.54) is 6.92 Å². The van der Waals surface area contributed by atoms with Gasteiger partial charge in [-0.05, 0) is 19.9 Å². The molecule has 1 heterocycles. The Labute approximate surface area is 108 Å².